The molecule has 1 amide bonds. The molecule has 4 nitrogen and oxygen atoms in total. The highest BCUT2D eigenvalue weighted by atomic mass is 16.5. The van der Waals surface area contributed by atoms with Crippen molar-refractivity contribution in [3.63, 3.8) is 0 Å². The molecule has 0 atom stereocenters. The number of amides is 1. The van der Waals surface area contributed by atoms with Crippen LogP contribution >= 0.6 is 0 Å². The van der Waals surface area contributed by atoms with E-state index in [1.807, 2.05) is 0 Å². The standard InChI is InChI=1S/C10H20N2O2/c11-10(13)14-8-2-1-3-9-4-6-12-7-5-9/h9,12H,1-8H2,(H2,11,13). The van der Waals surface area contributed by atoms with Crippen LogP contribution in [0.3, 0.4) is 0 Å². The van der Waals surface area contributed by atoms with Gasteiger partial charge in [0.25, 0.3) is 0 Å². The first kappa shape index (κ1) is 11.3. The van der Waals surface area contributed by atoms with Crippen molar-refractivity contribution in [3.8, 4) is 0 Å². The lowest BCUT2D eigenvalue weighted by Gasteiger charge is -2.22. The highest BCUT2D eigenvalue weighted by molar-refractivity contribution is 5.64. The highest BCUT2D eigenvalue weighted by Crippen LogP contribution is 2.18. The van der Waals surface area contributed by atoms with Crippen molar-refractivity contribution < 1.29 is 9.53 Å². The second-order valence-electron chi connectivity index (χ2n) is 3.86. The summed E-state index contributed by atoms with van der Waals surface area (Å²) >= 11 is 0. The number of ether oxygens (including phenoxy) is 1. The zero-order valence-electron chi connectivity index (χ0n) is 8.63. The molecule has 1 saturated heterocycles. The molecule has 0 aromatic rings. The molecular weight excluding hydrogens is 180 g/mol. The monoisotopic (exact) mass is 200 g/mol. The van der Waals surface area contributed by atoms with Gasteiger partial charge in [-0.1, -0.05) is 6.42 Å². The molecule has 82 valence electrons. The summed E-state index contributed by atoms with van der Waals surface area (Å²) in [6, 6.07) is 0. The number of nitrogens with one attached hydrogen (secondary N) is 1. The predicted molar refractivity (Wildman–Crippen MR) is 55.0 cm³/mol. The summed E-state index contributed by atoms with van der Waals surface area (Å²) in [5, 5.41) is 3.35. The summed E-state index contributed by atoms with van der Waals surface area (Å²) in [4.78, 5) is 10.3. The van der Waals surface area contributed by atoms with Crippen LogP contribution in [0.1, 0.15) is 32.1 Å². The molecule has 0 radical (unpaired) electrons. The minimum Gasteiger partial charge on any atom is -0.450 e. The first-order valence-corrected chi connectivity index (χ1v) is 5.42. The maximum atomic E-state index is 10.3. The molecule has 0 aromatic carbocycles. The summed E-state index contributed by atoms with van der Waals surface area (Å²) in [6.45, 7) is 2.78. The van der Waals surface area contributed by atoms with Gasteiger partial charge in [-0.05, 0) is 44.7 Å². The summed E-state index contributed by atoms with van der Waals surface area (Å²) in [5.74, 6) is 0.866. The van der Waals surface area contributed by atoms with E-state index in [2.05, 4.69) is 10.1 Å². The van der Waals surface area contributed by atoms with E-state index in [9.17, 15) is 4.79 Å². The van der Waals surface area contributed by atoms with Crippen molar-refractivity contribution in [2.24, 2.45) is 11.7 Å². The van der Waals surface area contributed by atoms with Gasteiger partial charge in [-0.3, -0.25) is 0 Å². The normalized spacial score (nSPS) is 18.0. The van der Waals surface area contributed by atoms with Crippen LogP contribution in [0, 0.1) is 5.92 Å². The third-order valence-corrected chi connectivity index (χ3v) is 2.71. The van der Waals surface area contributed by atoms with E-state index in [-0.39, 0.29) is 0 Å². The fourth-order valence-electron chi connectivity index (χ4n) is 1.88. The Kier molecular flexibility index (Phi) is 5.37. The van der Waals surface area contributed by atoms with Crippen LogP contribution in [-0.2, 0) is 4.74 Å². The molecule has 4 heteroatoms. The van der Waals surface area contributed by atoms with Gasteiger partial charge in [0, 0.05) is 0 Å². The van der Waals surface area contributed by atoms with Gasteiger partial charge in [-0.2, -0.15) is 0 Å². The average molecular weight is 200 g/mol. The van der Waals surface area contributed by atoms with Crippen LogP contribution in [0.15, 0.2) is 0 Å². The van der Waals surface area contributed by atoms with Gasteiger partial charge in [-0.25, -0.2) is 4.79 Å². The Morgan fingerprint density at radius 3 is 2.71 bits per heavy atom. The molecule has 0 bridgehead atoms. The molecule has 1 heterocycles. The van der Waals surface area contributed by atoms with Crippen LogP contribution in [0.4, 0.5) is 4.79 Å². The van der Waals surface area contributed by atoms with Gasteiger partial charge in [0.05, 0.1) is 6.61 Å². The van der Waals surface area contributed by atoms with Crippen LogP contribution in [-0.4, -0.2) is 25.8 Å². The van der Waals surface area contributed by atoms with E-state index in [4.69, 9.17) is 5.73 Å². The lowest BCUT2D eigenvalue weighted by Crippen LogP contribution is -2.27. The van der Waals surface area contributed by atoms with Gasteiger partial charge in [0.2, 0.25) is 0 Å². The number of primary amides is 1. The van der Waals surface area contributed by atoms with Crippen molar-refractivity contribution >= 4 is 6.09 Å². The number of nitrogens with two attached hydrogens (primary N) is 1. The molecule has 14 heavy (non-hydrogen) atoms. The van der Waals surface area contributed by atoms with E-state index >= 15 is 0 Å². The van der Waals surface area contributed by atoms with Crippen molar-refractivity contribution in [1.82, 2.24) is 5.32 Å². The quantitative estimate of drug-likeness (QED) is 0.656. The maximum Gasteiger partial charge on any atom is 0.404 e. The number of piperidine rings is 1. The van der Waals surface area contributed by atoms with Crippen molar-refractivity contribution in [1.29, 1.82) is 0 Å². The molecule has 0 aliphatic carbocycles. The minimum absolute atomic E-state index is 0.473. The maximum absolute atomic E-state index is 10.3. The average Bonchev–Trinajstić information content (AvgIpc) is 2.18. The Hall–Kier alpha value is -0.770. The third kappa shape index (κ3) is 5.07. The largest absolute Gasteiger partial charge is 0.450 e. The lowest BCUT2D eigenvalue weighted by atomic mass is 9.93. The van der Waals surface area contributed by atoms with Gasteiger partial charge >= 0.3 is 6.09 Å². The lowest BCUT2D eigenvalue weighted by molar-refractivity contribution is 0.153. The second kappa shape index (κ2) is 6.65. The van der Waals surface area contributed by atoms with Gasteiger partial charge in [0.1, 0.15) is 0 Å². The van der Waals surface area contributed by atoms with Gasteiger partial charge in [0.15, 0.2) is 0 Å². The van der Waals surface area contributed by atoms with Crippen molar-refractivity contribution in [2.75, 3.05) is 19.7 Å². The number of hydrogen-bond donors (Lipinski definition) is 2. The van der Waals surface area contributed by atoms with Crippen LogP contribution in [0.25, 0.3) is 0 Å². The Bertz CT molecular complexity index is 168. The van der Waals surface area contributed by atoms with Crippen molar-refractivity contribution in [3.05, 3.63) is 0 Å². The zero-order chi connectivity index (χ0) is 10.2. The molecule has 0 saturated carbocycles. The molecule has 3 N–H and O–H groups in total. The molecule has 0 spiro atoms. The molecule has 1 fully saturated rings. The Balaban J connectivity index is 1.90. The fourth-order valence-corrected chi connectivity index (χ4v) is 1.88. The summed E-state index contributed by atoms with van der Waals surface area (Å²) in [6.07, 6.45) is 5.24. The Labute approximate surface area is 85.2 Å². The first-order chi connectivity index (χ1) is 6.79. The molecular formula is C10H20N2O2. The van der Waals surface area contributed by atoms with Gasteiger partial charge < -0.3 is 15.8 Å². The topological polar surface area (TPSA) is 64.4 Å². The van der Waals surface area contributed by atoms with E-state index < -0.39 is 6.09 Å². The second-order valence-corrected chi connectivity index (χ2v) is 3.86. The van der Waals surface area contributed by atoms with Crippen molar-refractivity contribution in [2.45, 2.75) is 32.1 Å². The molecule has 0 unspecified atom stereocenters. The zero-order valence-corrected chi connectivity index (χ0v) is 8.63. The molecule has 1 rings (SSSR count). The Morgan fingerprint density at radius 1 is 1.36 bits per heavy atom. The molecule has 0 aromatic heterocycles. The fraction of sp³-hybridized carbons (Fsp3) is 0.900. The number of rotatable bonds is 5. The Morgan fingerprint density at radius 2 is 2.07 bits per heavy atom. The number of hydrogen-bond acceptors (Lipinski definition) is 3. The minimum atomic E-state index is -0.660. The van der Waals surface area contributed by atoms with Gasteiger partial charge in [-0.15, -0.1) is 0 Å². The summed E-state index contributed by atoms with van der Waals surface area (Å²) in [5.41, 5.74) is 4.85. The molecule has 1 aliphatic rings. The number of unbranched alkanes of at least 4 members (excludes halogenated alkanes) is 1. The predicted octanol–water partition coefficient (Wildman–Crippen LogP) is 1.25. The van der Waals surface area contributed by atoms with Crippen LogP contribution in [0.2, 0.25) is 0 Å². The summed E-state index contributed by atoms with van der Waals surface area (Å²) in [7, 11) is 0. The summed E-state index contributed by atoms with van der Waals surface area (Å²) < 4.78 is 4.66. The number of carbonyl (C=O) groups is 1. The van der Waals surface area contributed by atoms with Crippen LogP contribution < -0.4 is 11.1 Å². The van der Waals surface area contributed by atoms with E-state index in [0.29, 0.717) is 6.61 Å². The SMILES string of the molecule is NC(=O)OCCCCC1CCNCC1. The third-order valence-electron chi connectivity index (χ3n) is 2.71. The first-order valence-electron chi connectivity index (χ1n) is 5.42. The van der Waals surface area contributed by atoms with E-state index in [1.54, 1.807) is 0 Å². The highest BCUT2D eigenvalue weighted by Gasteiger charge is 2.11. The van der Waals surface area contributed by atoms with Crippen LogP contribution in [0.5, 0.6) is 0 Å². The number of carbonyl (C=O) groups excluding carboxylic acids is 1. The smallest absolute Gasteiger partial charge is 0.404 e. The molecule has 1 aliphatic heterocycles. The van der Waals surface area contributed by atoms with E-state index in [0.717, 1.165) is 31.8 Å². The van der Waals surface area contributed by atoms with E-state index in [1.165, 1.54) is 19.3 Å².